The van der Waals surface area contributed by atoms with Crippen molar-refractivity contribution in [2.24, 2.45) is 0 Å². The predicted octanol–water partition coefficient (Wildman–Crippen LogP) is 3.07. The second-order valence-electron chi connectivity index (χ2n) is 10.1. The molecular formula is C27H44N4O2. The summed E-state index contributed by atoms with van der Waals surface area (Å²) in [5, 5.41) is 28.3. The summed E-state index contributed by atoms with van der Waals surface area (Å²) in [6, 6.07) is 8.59. The van der Waals surface area contributed by atoms with Crippen LogP contribution in [0.25, 0.3) is 0 Å². The number of phenolic OH excluding ortho intramolecular Hbond substituents is 2. The maximum absolute atomic E-state index is 11.0. The van der Waals surface area contributed by atoms with E-state index in [9.17, 15) is 10.2 Å². The van der Waals surface area contributed by atoms with Crippen molar-refractivity contribution in [1.29, 1.82) is 0 Å². The van der Waals surface area contributed by atoms with Crippen molar-refractivity contribution in [3.63, 3.8) is 0 Å². The van der Waals surface area contributed by atoms with Crippen LogP contribution in [0.1, 0.15) is 47.2 Å². The molecule has 0 radical (unpaired) electrons. The standard InChI is InChI=1S/C27H44N4O2/c1-27(2,23-13-19(9-11-28-3)25(32)20(14-23)10-12-29-4)24-15-21(17-30(5)6)26(33)22(16-24)18-31(7)8/h13-16,28-29,32-33H,9-12,17-18H2,1-8H3. The van der Waals surface area contributed by atoms with E-state index >= 15 is 0 Å². The van der Waals surface area contributed by atoms with E-state index in [1.54, 1.807) is 0 Å². The van der Waals surface area contributed by atoms with E-state index in [2.05, 4.69) is 58.5 Å². The van der Waals surface area contributed by atoms with Crippen LogP contribution in [0.2, 0.25) is 0 Å². The molecule has 4 N–H and O–H groups in total. The zero-order valence-electron chi connectivity index (χ0n) is 21.8. The summed E-state index contributed by atoms with van der Waals surface area (Å²) in [6.45, 7) is 7.42. The molecule has 0 amide bonds. The minimum absolute atomic E-state index is 0.299. The Balaban J connectivity index is 2.65. The summed E-state index contributed by atoms with van der Waals surface area (Å²) in [4.78, 5) is 4.16. The lowest BCUT2D eigenvalue weighted by Gasteiger charge is -2.30. The molecule has 0 heterocycles. The zero-order chi connectivity index (χ0) is 24.8. The molecule has 0 aliphatic heterocycles. The van der Waals surface area contributed by atoms with Gasteiger partial charge in [0.05, 0.1) is 0 Å². The third kappa shape index (κ3) is 6.93. The lowest BCUT2D eigenvalue weighted by atomic mass is 9.75. The number of hydrogen-bond donors (Lipinski definition) is 4. The van der Waals surface area contributed by atoms with E-state index < -0.39 is 0 Å². The van der Waals surface area contributed by atoms with E-state index in [1.165, 1.54) is 11.1 Å². The summed E-state index contributed by atoms with van der Waals surface area (Å²) in [7, 11) is 11.9. The van der Waals surface area contributed by atoms with Gasteiger partial charge in [-0.05, 0) is 103 Å². The van der Waals surface area contributed by atoms with Gasteiger partial charge in [0.2, 0.25) is 0 Å². The minimum Gasteiger partial charge on any atom is -0.507 e. The van der Waals surface area contributed by atoms with Crippen molar-refractivity contribution in [3.8, 4) is 11.5 Å². The van der Waals surface area contributed by atoms with Crippen LogP contribution in [0.5, 0.6) is 11.5 Å². The summed E-state index contributed by atoms with van der Waals surface area (Å²) >= 11 is 0. The third-order valence-electron chi connectivity index (χ3n) is 6.24. The van der Waals surface area contributed by atoms with Crippen LogP contribution in [0.4, 0.5) is 0 Å². The number of rotatable bonds is 12. The highest BCUT2D eigenvalue weighted by molar-refractivity contribution is 5.52. The second-order valence-corrected chi connectivity index (χ2v) is 10.1. The SMILES string of the molecule is CNCCc1cc(C(C)(C)c2cc(CN(C)C)c(O)c(CN(C)C)c2)cc(CCNC)c1O. The van der Waals surface area contributed by atoms with Gasteiger partial charge in [0.15, 0.2) is 0 Å². The Morgan fingerprint density at radius 2 is 1.00 bits per heavy atom. The van der Waals surface area contributed by atoms with Crippen molar-refractivity contribution in [2.75, 3.05) is 55.4 Å². The summed E-state index contributed by atoms with van der Waals surface area (Å²) in [6.07, 6.45) is 1.54. The fraction of sp³-hybridized carbons (Fsp3) is 0.556. The maximum Gasteiger partial charge on any atom is 0.124 e. The summed E-state index contributed by atoms with van der Waals surface area (Å²) in [5.74, 6) is 0.791. The molecule has 2 aromatic carbocycles. The van der Waals surface area contributed by atoms with Gasteiger partial charge in [-0.2, -0.15) is 0 Å². The molecule has 0 saturated heterocycles. The van der Waals surface area contributed by atoms with Crippen molar-refractivity contribution >= 4 is 0 Å². The molecule has 0 aromatic heterocycles. The Morgan fingerprint density at radius 1 is 0.667 bits per heavy atom. The predicted molar refractivity (Wildman–Crippen MR) is 138 cm³/mol. The fourth-order valence-electron chi connectivity index (χ4n) is 4.23. The van der Waals surface area contributed by atoms with Crippen molar-refractivity contribution in [1.82, 2.24) is 20.4 Å². The van der Waals surface area contributed by atoms with Crippen LogP contribution >= 0.6 is 0 Å². The van der Waals surface area contributed by atoms with Crippen LogP contribution in [0, 0.1) is 0 Å². The Bertz CT molecular complexity index is 862. The summed E-state index contributed by atoms with van der Waals surface area (Å²) < 4.78 is 0. The molecular weight excluding hydrogens is 412 g/mol. The molecule has 2 aromatic rings. The Kier molecular flexibility index (Phi) is 9.73. The average molecular weight is 457 g/mol. The molecule has 0 spiro atoms. The summed E-state index contributed by atoms with van der Waals surface area (Å²) in [5.41, 5.74) is 5.86. The van der Waals surface area contributed by atoms with Gasteiger partial charge in [0.25, 0.3) is 0 Å². The number of hydrogen-bond acceptors (Lipinski definition) is 6. The number of nitrogens with zero attached hydrogens (tertiary/aromatic N) is 2. The number of aromatic hydroxyl groups is 2. The quantitative estimate of drug-likeness (QED) is 0.394. The van der Waals surface area contributed by atoms with Crippen LogP contribution in [0.3, 0.4) is 0 Å². The molecule has 0 aliphatic carbocycles. The maximum atomic E-state index is 11.0. The minimum atomic E-state index is -0.299. The van der Waals surface area contributed by atoms with Gasteiger partial charge in [-0.1, -0.05) is 26.0 Å². The zero-order valence-corrected chi connectivity index (χ0v) is 21.8. The Hall–Kier alpha value is -2.12. The normalized spacial score (nSPS) is 12.2. The lowest BCUT2D eigenvalue weighted by Crippen LogP contribution is -2.23. The smallest absolute Gasteiger partial charge is 0.124 e. The first kappa shape index (κ1) is 27.1. The van der Waals surface area contributed by atoms with E-state index in [0.717, 1.165) is 48.2 Å². The topological polar surface area (TPSA) is 71.0 Å². The molecule has 0 aliphatic rings. The molecule has 0 fully saturated rings. The fourth-order valence-corrected chi connectivity index (χ4v) is 4.23. The molecule has 0 atom stereocenters. The first-order chi connectivity index (χ1) is 15.5. The van der Waals surface area contributed by atoms with Gasteiger partial charge in [0.1, 0.15) is 11.5 Å². The highest BCUT2D eigenvalue weighted by atomic mass is 16.3. The highest BCUT2D eigenvalue weighted by Gasteiger charge is 2.28. The molecule has 2 rings (SSSR count). The molecule has 33 heavy (non-hydrogen) atoms. The second kappa shape index (κ2) is 11.8. The van der Waals surface area contributed by atoms with E-state index in [0.29, 0.717) is 24.6 Å². The molecule has 184 valence electrons. The van der Waals surface area contributed by atoms with Crippen LogP contribution in [-0.2, 0) is 31.3 Å². The number of nitrogens with one attached hydrogen (secondary N) is 2. The first-order valence-corrected chi connectivity index (χ1v) is 11.8. The van der Waals surface area contributed by atoms with Gasteiger partial charge in [-0.3, -0.25) is 0 Å². The van der Waals surface area contributed by atoms with E-state index in [4.69, 9.17) is 0 Å². The van der Waals surface area contributed by atoms with Gasteiger partial charge >= 0.3 is 0 Å². The molecule has 0 unspecified atom stereocenters. The highest BCUT2D eigenvalue weighted by Crippen LogP contribution is 2.39. The van der Waals surface area contributed by atoms with Crippen molar-refractivity contribution < 1.29 is 10.2 Å². The molecule has 6 heteroatoms. The first-order valence-electron chi connectivity index (χ1n) is 11.8. The van der Waals surface area contributed by atoms with Crippen LogP contribution in [0.15, 0.2) is 24.3 Å². The number of phenols is 2. The van der Waals surface area contributed by atoms with Crippen LogP contribution < -0.4 is 10.6 Å². The van der Waals surface area contributed by atoms with Crippen molar-refractivity contribution in [2.45, 2.75) is 45.2 Å². The number of benzene rings is 2. The average Bonchev–Trinajstić information content (AvgIpc) is 2.73. The van der Waals surface area contributed by atoms with Crippen molar-refractivity contribution in [3.05, 3.63) is 57.6 Å². The van der Waals surface area contributed by atoms with Gasteiger partial charge in [-0.25, -0.2) is 0 Å². The molecule has 6 nitrogen and oxygen atoms in total. The van der Waals surface area contributed by atoms with E-state index in [1.807, 2.05) is 42.3 Å². The van der Waals surface area contributed by atoms with Crippen LogP contribution in [-0.4, -0.2) is 75.4 Å². The number of likely N-dealkylation sites (N-methyl/N-ethyl adjacent to an activating group) is 2. The Labute approximate surface area is 200 Å². The lowest BCUT2D eigenvalue weighted by molar-refractivity contribution is 0.367. The Morgan fingerprint density at radius 3 is 1.33 bits per heavy atom. The monoisotopic (exact) mass is 456 g/mol. The van der Waals surface area contributed by atoms with Gasteiger partial charge in [-0.15, -0.1) is 0 Å². The largest absolute Gasteiger partial charge is 0.507 e. The molecule has 0 bridgehead atoms. The third-order valence-corrected chi connectivity index (χ3v) is 6.24. The van der Waals surface area contributed by atoms with Gasteiger partial charge in [0, 0.05) is 29.6 Å². The van der Waals surface area contributed by atoms with Gasteiger partial charge < -0.3 is 30.6 Å². The molecule has 0 saturated carbocycles. The van der Waals surface area contributed by atoms with E-state index in [-0.39, 0.29) is 5.41 Å².